The maximum absolute atomic E-state index is 11.8. The predicted octanol–water partition coefficient (Wildman–Crippen LogP) is 2.96. The first kappa shape index (κ1) is 10.8. The smallest absolute Gasteiger partial charge is 0.256 e. The van der Waals surface area contributed by atoms with Crippen LogP contribution in [-0.4, -0.2) is 10.9 Å². The third-order valence-electron chi connectivity index (χ3n) is 2.18. The molecule has 0 atom stereocenters. The summed E-state index contributed by atoms with van der Waals surface area (Å²) >= 11 is 1.61. The van der Waals surface area contributed by atoms with Crippen molar-refractivity contribution in [1.29, 1.82) is 0 Å². The predicted molar refractivity (Wildman–Crippen MR) is 65.9 cm³/mol. The highest BCUT2D eigenvalue weighted by Crippen LogP contribution is 2.16. The maximum Gasteiger partial charge on any atom is 0.256 e. The normalized spacial score (nSPS) is 10.1. The van der Waals surface area contributed by atoms with Gasteiger partial charge < -0.3 is 5.32 Å². The zero-order valence-corrected chi connectivity index (χ0v) is 9.75. The first-order valence-corrected chi connectivity index (χ1v) is 5.96. The van der Waals surface area contributed by atoms with Crippen LogP contribution in [0.3, 0.4) is 0 Å². The van der Waals surface area contributed by atoms with Crippen molar-refractivity contribution in [3.8, 4) is 0 Å². The van der Waals surface area contributed by atoms with Crippen LogP contribution in [0.25, 0.3) is 0 Å². The zero-order chi connectivity index (χ0) is 11.4. The van der Waals surface area contributed by atoms with Crippen LogP contribution in [0.2, 0.25) is 0 Å². The van der Waals surface area contributed by atoms with Gasteiger partial charge in [0, 0.05) is 16.5 Å². The number of thiophene rings is 1. The standard InChI is InChI=1S/C12H12N2OS/c1-2-11-6-9(8-16-11)12(15)14-10-4-3-5-13-7-10/h3-8H,2H2,1H3,(H,14,15). The minimum Gasteiger partial charge on any atom is -0.321 e. The Hall–Kier alpha value is -1.68. The van der Waals surface area contributed by atoms with Gasteiger partial charge in [-0.3, -0.25) is 9.78 Å². The molecule has 0 aromatic carbocycles. The summed E-state index contributed by atoms with van der Waals surface area (Å²) in [6, 6.07) is 5.54. The minimum absolute atomic E-state index is 0.0797. The summed E-state index contributed by atoms with van der Waals surface area (Å²) in [5.41, 5.74) is 1.43. The number of hydrogen-bond acceptors (Lipinski definition) is 3. The topological polar surface area (TPSA) is 42.0 Å². The Morgan fingerprint density at radius 1 is 1.56 bits per heavy atom. The van der Waals surface area contributed by atoms with Gasteiger partial charge in [0.15, 0.2) is 0 Å². The second-order valence-corrected chi connectivity index (χ2v) is 4.35. The molecule has 4 heteroatoms. The lowest BCUT2D eigenvalue weighted by Crippen LogP contribution is -2.10. The number of rotatable bonds is 3. The first-order chi connectivity index (χ1) is 7.79. The quantitative estimate of drug-likeness (QED) is 0.884. The third kappa shape index (κ3) is 2.46. The van der Waals surface area contributed by atoms with Gasteiger partial charge in [0.2, 0.25) is 0 Å². The van der Waals surface area contributed by atoms with Crippen LogP contribution in [0.5, 0.6) is 0 Å². The molecule has 0 aliphatic carbocycles. The summed E-state index contributed by atoms with van der Waals surface area (Å²) in [4.78, 5) is 17.0. The van der Waals surface area contributed by atoms with E-state index in [1.54, 1.807) is 29.8 Å². The minimum atomic E-state index is -0.0797. The van der Waals surface area contributed by atoms with Crippen molar-refractivity contribution in [3.63, 3.8) is 0 Å². The molecule has 3 nitrogen and oxygen atoms in total. The van der Waals surface area contributed by atoms with E-state index in [9.17, 15) is 4.79 Å². The lowest BCUT2D eigenvalue weighted by Gasteiger charge is -2.01. The SMILES string of the molecule is CCc1cc(C(=O)Nc2cccnc2)cs1. The summed E-state index contributed by atoms with van der Waals surface area (Å²) in [7, 11) is 0. The van der Waals surface area contributed by atoms with Crippen molar-refractivity contribution < 1.29 is 4.79 Å². The molecule has 2 rings (SSSR count). The van der Waals surface area contributed by atoms with E-state index in [0.717, 1.165) is 12.1 Å². The van der Waals surface area contributed by atoms with Crippen LogP contribution < -0.4 is 5.32 Å². The second kappa shape index (κ2) is 4.90. The molecule has 82 valence electrons. The second-order valence-electron chi connectivity index (χ2n) is 3.35. The van der Waals surface area contributed by atoms with Crippen molar-refractivity contribution >= 4 is 22.9 Å². The molecule has 16 heavy (non-hydrogen) atoms. The molecular formula is C12H12N2OS. The molecule has 0 radical (unpaired) electrons. The molecule has 2 aromatic heterocycles. The lowest BCUT2D eigenvalue weighted by atomic mass is 10.2. The van der Waals surface area contributed by atoms with Gasteiger partial charge in [0.05, 0.1) is 17.4 Å². The Labute approximate surface area is 98.2 Å². The maximum atomic E-state index is 11.8. The summed E-state index contributed by atoms with van der Waals surface area (Å²) < 4.78 is 0. The van der Waals surface area contributed by atoms with Gasteiger partial charge >= 0.3 is 0 Å². The van der Waals surface area contributed by atoms with Crippen LogP contribution in [0.15, 0.2) is 36.0 Å². The number of aromatic nitrogens is 1. The van der Waals surface area contributed by atoms with Crippen LogP contribution >= 0.6 is 11.3 Å². The van der Waals surface area contributed by atoms with Crippen LogP contribution in [0, 0.1) is 0 Å². The van der Waals surface area contributed by atoms with E-state index in [0.29, 0.717) is 5.56 Å². The fourth-order valence-corrected chi connectivity index (χ4v) is 2.14. The average Bonchev–Trinajstić information content (AvgIpc) is 2.79. The van der Waals surface area contributed by atoms with E-state index in [1.807, 2.05) is 17.5 Å². The van der Waals surface area contributed by atoms with Gasteiger partial charge in [0.1, 0.15) is 0 Å². The molecule has 0 fully saturated rings. The third-order valence-corrected chi connectivity index (χ3v) is 3.26. The number of nitrogens with one attached hydrogen (secondary N) is 1. The molecule has 0 saturated carbocycles. The van der Waals surface area contributed by atoms with Gasteiger partial charge in [-0.2, -0.15) is 0 Å². The number of hydrogen-bond donors (Lipinski definition) is 1. The van der Waals surface area contributed by atoms with E-state index in [-0.39, 0.29) is 5.91 Å². The number of amides is 1. The lowest BCUT2D eigenvalue weighted by molar-refractivity contribution is 0.102. The molecule has 0 spiro atoms. The summed E-state index contributed by atoms with van der Waals surface area (Å²) in [5, 5.41) is 4.68. The molecule has 0 bridgehead atoms. The Kier molecular flexibility index (Phi) is 3.31. The number of carbonyl (C=O) groups is 1. The monoisotopic (exact) mass is 232 g/mol. The van der Waals surface area contributed by atoms with Gasteiger partial charge in [-0.1, -0.05) is 6.92 Å². The number of pyridine rings is 1. The van der Waals surface area contributed by atoms with Crippen LogP contribution in [0.4, 0.5) is 5.69 Å². The highest BCUT2D eigenvalue weighted by Gasteiger charge is 2.08. The van der Waals surface area contributed by atoms with Gasteiger partial charge in [-0.15, -0.1) is 11.3 Å². The first-order valence-electron chi connectivity index (χ1n) is 5.08. The van der Waals surface area contributed by atoms with Gasteiger partial charge in [0.25, 0.3) is 5.91 Å². The molecule has 0 saturated heterocycles. The van der Waals surface area contributed by atoms with Crippen molar-refractivity contribution in [1.82, 2.24) is 4.98 Å². The molecule has 0 aliphatic rings. The molecule has 0 unspecified atom stereocenters. The zero-order valence-electron chi connectivity index (χ0n) is 8.93. The summed E-state index contributed by atoms with van der Waals surface area (Å²) in [5.74, 6) is -0.0797. The van der Waals surface area contributed by atoms with Crippen LogP contribution in [-0.2, 0) is 6.42 Å². The summed E-state index contributed by atoms with van der Waals surface area (Å²) in [6.07, 6.45) is 4.27. The molecule has 2 heterocycles. The van der Waals surface area contributed by atoms with Crippen molar-refractivity contribution in [3.05, 3.63) is 46.4 Å². The number of carbonyl (C=O) groups excluding carboxylic acids is 1. The number of aryl methyl sites for hydroxylation is 1. The summed E-state index contributed by atoms with van der Waals surface area (Å²) in [6.45, 7) is 2.08. The van der Waals surface area contributed by atoms with Crippen LogP contribution in [0.1, 0.15) is 22.2 Å². The Morgan fingerprint density at radius 2 is 2.44 bits per heavy atom. The molecule has 2 aromatic rings. The molecule has 1 N–H and O–H groups in total. The largest absolute Gasteiger partial charge is 0.321 e. The van der Waals surface area contributed by atoms with Gasteiger partial charge in [-0.25, -0.2) is 0 Å². The van der Waals surface area contributed by atoms with E-state index < -0.39 is 0 Å². The van der Waals surface area contributed by atoms with E-state index >= 15 is 0 Å². The van der Waals surface area contributed by atoms with Crippen molar-refractivity contribution in [2.75, 3.05) is 5.32 Å². The van der Waals surface area contributed by atoms with Gasteiger partial charge in [-0.05, 0) is 24.6 Å². The highest BCUT2D eigenvalue weighted by atomic mass is 32.1. The molecule has 0 aliphatic heterocycles. The number of nitrogens with zero attached hydrogens (tertiary/aromatic N) is 1. The Bertz CT molecular complexity index is 479. The fraction of sp³-hybridized carbons (Fsp3) is 0.167. The van der Waals surface area contributed by atoms with E-state index in [4.69, 9.17) is 0 Å². The molecular weight excluding hydrogens is 220 g/mol. The highest BCUT2D eigenvalue weighted by molar-refractivity contribution is 7.10. The van der Waals surface area contributed by atoms with Crippen molar-refractivity contribution in [2.24, 2.45) is 0 Å². The fourth-order valence-electron chi connectivity index (χ4n) is 1.33. The van der Waals surface area contributed by atoms with E-state index in [1.165, 1.54) is 4.88 Å². The number of anilines is 1. The Balaban J connectivity index is 2.09. The van der Waals surface area contributed by atoms with Crippen molar-refractivity contribution in [2.45, 2.75) is 13.3 Å². The Morgan fingerprint density at radius 3 is 3.06 bits per heavy atom. The molecule has 1 amide bonds. The van der Waals surface area contributed by atoms with E-state index in [2.05, 4.69) is 17.2 Å². The average molecular weight is 232 g/mol.